The van der Waals surface area contributed by atoms with Crippen LogP contribution in [-0.2, 0) is 16.1 Å². The molecule has 5 heteroatoms. The second-order valence-electron chi connectivity index (χ2n) is 3.74. The topological polar surface area (TPSA) is 64.3 Å². The largest absolute Gasteiger partial charge is 0.461 e. The van der Waals surface area contributed by atoms with Crippen LogP contribution in [0.3, 0.4) is 0 Å². The summed E-state index contributed by atoms with van der Waals surface area (Å²) in [6, 6.07) is 9.63. The molecular formula is C12H19ClN2O2. The van der Waals surface area contributed by atoms with Gasteiger partial charge in [-0.2, -0.15) is 0 Å². The third-order valence-electron chi connectivity index (χ3n) is 2.35. The third-order valence-corrected chi connectivity index (χ3v) is 2.35. The fraction of sp³-hybridized carbons (Fsp3) is 0.417. The molecule has 0 heterocycles. The van der Waals surface area contributed by atoms with E-state index in [0.717, 1.165) is 5.56 Å². The van der Waals surface area contributed by atoms with Crippen molar-refractivity contribution in [3.8, 4) is 0 Å². The highest BCUT2D eigenvalue weighted by molar-refractivity contribution is 5.85. The summed E-state index contributed by atoms with van der Waals surface area (Å²) in [5.74, 6) is 4.83. The van der Waals surface area contributed by atoms with Crippen LogP contribution in [0.25, 0.3) is 0 Å². The third kappa shape index (κ3) is 6.26. The molecule has 0 fully saturated rings. The Balaban J connectivity index is 0.00000256. The predicted molar refractivity (Wildman–Crippen MR) is 69.5 cm³/mol. The molecule has 3 N–H and O–H groups in total. The summed E-state index contributed by atoms with van der Waals surface area (Å²) < 4.78 is 5.18. The Hall–Kier alpha value is -1.10. The number of nitrogens with two attached hydrogens (primary N) is 1. The molecule has 0 bridgehead atoms. The maximum Gasteiger partial charge on any atom is 0.309 e. The molecule has 0 aliphatic carbocycles. The zero-order chi connectivity index (χ0) is 11.8. The summed E-state index contributed by atoms with van der Waals surface area (Å²) in [7, 11) is 0. The maximum absolute atomic E-state index is 11.5. The standard InChI is InChI=1S/C12H18N2O2.ClH/c1-10(7-8-14-13)12(15)16-9-11-5-3-2-4-6-11;/h2-6,10,14H,7-9,13H2,1H3;1H. The Morgan fingerprint density at radius 1 is 1.41 bits per heavy atom. The van der Waals surface area contributed by atoms with E-state index in [4.69, 9.17) is 10.6 Å². The fourth-order valence-electron chi connectivity index (χ4n) is 1.29. The molecule has 96 valence electrons. The molecule has 1 atom stereocenters. The first-order valence-corrected chi connectivity index (χ1v) is 5.38. The van der Waals surface area contributed by atoms with Crippen LogP contribution in [-0.4, -0.2) is 12.5 Å². The lowest BCUT2D eigenvalue weighted by Crippen LogP contribution is -2.26. The van der Waals surface area contributed by atoms with Crippen LogP contribution in [0.4, 0.5) is 0 Å². The van der Waals surface area contributed by atoms with Gasteiger partial charge < -0.3 is 4.74 Å². The number of hydrazine groups is 1. The molecule has 0 spiro atoms. The number of carbonyl (C=O) groups excluding carboxylic acids is 1. The Morgan fingerprint density at radius 3 is 2.65 bits per heavy atom. The van der Waals surface area contributed by atoms with Gasteiger partial charge in [-0.1, -0.05) is 37.3 Å². The number of hydrogen-bond acceptors (Lipinski definition) is 4. The van der Waals surface area contributed by atoms with Gasteiger partial charge in [-0.3, -0.25) is 16.1 Å². The summed E-state index contributed by atoms with van der Waals surface area (Å²) >= 11 is 0. The van der Waals surface area contributed by atoms with Gasteiger partial charge >= 0.3 is 5.97 Å². The molecule has 0 aromatic heterocycles. The SMILES string of the molecule is CC(CCNN)C(=O)OCc1ccccc1.Cl. The van der Waals surface area contributed by atoms with E-state index in [9.17, 15) is 4.79 Å². The summed E-state index contributed by atoms with van der Waals surface area (Å²) in [6.07, 6.45) is 0.685. The van der Waals surface area contributed by atoms with Crippen molar-refractivity contribution in [1.29, 1.82) is 0 Å². The number of benzene rings is 1. The fourth-order valence-corrected chi connectivity index (χ4v) is 1.29. The molecule has 0 radical (unpaired) electrons. The molecule has 17 heavy (non-hydrogen) atoms. The second-order valence-corrected chi connectivity index (χ2v) is 3.74. The first-order chi connectivity index (χ1) is 7.74. The molecule has 0 saturated heterocycles. The van der Waals surface area contributed by atoms with E-state index < -0.39 is 0 Å². The number of esters is 1. The minimum absolute atomic E-state index is 0. The molecular weight excluding hydrogens is 240 g/mol. The average Bonchev–Trinajstić information content (AvgIpc) is 2.34. The summed E-state index contributed by atoms with van der Waals surface area (Å²) in [5, 5.41) is 0. The van der Waals surface area contributed by atoms with E-state index in [1.165, 1.54) is 0 Å². The van der Waals surface area contributed by atoms with Gasteiger partial charge in [0.15, 0.2) is 0 Å². The van der Waals surface area contributed by atoms with Crippen molar-refractivity contribution in [3.05, 3.63) is 35.9 Å². The zero-order valence-corrected chi connectivity index (χ0v) is 10.7. The van der Waals surface area contributed by atoms with Gasteiger partial charge in [0.05, 0.1) is 5.92 Å². The predicted octanol–water partition coefficient (Wildman–Crippen LogP) is 1.64. The van der Waals surface area contributed by atoms with Crippen molar-refractivity contribution < 1.29 is 9.53 Å². The lowest BCUT2D eigenvalue weighted by Gasteiger charge is -2.10. The van der Waals surface area contributed by atoms with Crippen LogP contribution >= 0.6 is 12.4 Å². The van der Waals surface area contributed by atoms with Gasteiger partial charge in [0, 0.05) is 6.54 Å². The highest BCUT2D eigenvalue weighted by atomic mass is 35.5. The maximum atomic E-state index is 11.5. The number of carbonyl (C=O) groups is 1. The number of ether oxygens (including phenoxy) is 1. The quantitative estimate of drug-likeness (QED) is 0.463. The highest BCUT2D eigenvalue weighted by Gasteiger charge is 2.13. The van der Waals surface area contributed by atoms with E-state index in [1.54, 1.807) is 0 Å². The normalized spacial score (nSPS) is 11.4. The molecule has 0 aliphatic heterocycles. The second kappa shape index (κ2) is 8.98. The van der Waals surface area contributed by atoms with Crippen molar-refractivity contribution >= 4 is 18.4 Å². The number of rotatable bonds is 6. The number of hydrogen-bond donors (Lipinski definition) is 2. The van der Waals surface area contributed by atoms with Crippen LogP contribution in [0, 0.1) is 5.92 Å². The van der Waals surface area contributed by atoms with Crippen LogP contribution < -0.4 is 11.3 Å². The molecule has 0 amide bonds. The van der Waals surface area contributed by atoms with E-state index in [0.29, 0.717) is 19.6 Å². The Kier molecular flexibility index (Phi) is 8.40. The van der Waals surface area contributed by atoms with Crippen molar-refractivity contribution in [2.75, 3.05) is 6.54 Å². The average molecular weight is 259 g/mol. The lowest BCUT2D eigenvalue weighted by molar-refractivity contribution is -0.149. The molecule has 1 unspecified atom stereocenters. The minimum atomic E-state index is -0.181. The van der Waals surface area contributed by atoms with Gasteiger partial charge in [0.25, 0.3) is 0 Å². The summed E-state index contributed by atoms with van der Waals surface area (Å²) in [4.78, 5) is 11.5. The summed E-state index contributed by atoms with van der Waals surface area (Å²) in [6.45, 7) is 2.78. The van der Waals surface area contributed by atoms with Crippen molar-refractivity contribution in [1.82, 2.24) is 5.43 Å². The van der Waals surface area contributed by atoms with E-state index in [1.807, 2.05) is 37.3 Å². The van der Waals surface area contributed by atoms with Crippen molar-refractivity contribution in [2.45, 2.75) is 20.0 Å². The lowest BCUT2D eigenvalue weighted by atomic mass is 10.1. The highest BCUT2D eigenvalue weighted by Crippen LogP contribution is 2.07. The smallest absolute Gasteiger partial charge is 0.309 e. The molecule has 0 saturated carbocycles. The van der Waals surface area contributed by atoms with Gasteiger partial charge in [-0.25, -0.2) is 0 Å². The van der Waals surface area contributed by atoms with Crippen LogP contribution in [0.2, 0.25) is 0 Å². The van der Waals surface area contributed by atoms with E-state index >= 15 is 0 Å². The number of nitrogens with one attached hydrogen (secondary N) is 1. The van der Waals surface area contributed by atoms with Gasteiger partial charge in [-0.15, -0.1) is 12.4 Å². The Labute approximate surface area is 108 Å². The van der Waals surface area contributed by atoms with Gasteiger partial charge in [0.2, 0.25) is 0 Å². The first-order valence-electron chi connectivity index (χ1n) is 5.38. The molecule has 1 aromatic carbocycles. The molecule has 1 aromatic rings. The molecule has 0 aliphatic rings. The van der Waals surface area contributed by atoms with Gasteiger partial charge in [0.1, 0.15) is 6.61 Å². The number of halogens is 1. The van der Waals surface area contributed by atoms with Crippen molar-refractivity contribution in [2.24, 2.45) is 11.8 Å². The first kappa shape index (κ1) is 15.9. The Bertz CT molecular complexity index is 320. The summed E-state index contributed by atoms with van der Waals surface area (Å²) in [5.41, 5.74) is 3.52. The van der Waals surface area contributed by atoms with Gasteiger partial charge in [-0.05, 0) is 12.0 Å². The Morgan fingerprint density at radius 2 is 2.06 bits per heavy atom. The molecule has 4 nitrogen and oxygen atoms in total. The van der Waals surface area contributed by atoms with Crippen molar-refractivity contribution in [3.63, 3.8) is 0 Å². The van der Waals surface area contributed by atoms with Crippen LogP contribution in [0.15, 0.2) is 30.3 Å². The van der Waals surface area contributed by atoms with E-state index in [2.05, 4.69) is 5.43 Å². The van der Waals surface area contributed by atoms with E-state index in [-0.39, 0.29) is 24.3 Å². The molecule has 1 rings (SSSR count). The minimum Gasteiger partial charge on any atom is -0.461 e. The zero-order valence-electron chi connectivity index (χ0n) is 9.89. The van der Waals surface area contributed by atoms with Crippen LogP contribution in [0.5, 0.6) is 0 Å². The van der Waals surface area contributed by atoms with Crippen LogP contribution in [0.1, 0.15) is 18.9 Å². The monoisotopic (exact) mass is 258 g/mol.